The first kappa shape index (κ1) is 23.9. The average molecular weight is 512 g/mol. The maximum Gasteiger partial charge on any atom is 0.260 e. The topological polar surface area (TPSA) is 87.7 Å². The Morgan fingerprint density at radius 3 is 2.60 bits per heavy atom. The van der Waals surface area contributed by atoms with Crippen molar-refractivity contribution in [3.63, 3.8) is 0 Å². The minimum atomic E-state index is -0.0143. The lowest BCUT2D eigenvalue weighted by molar-refractivity contribution is -0.133. The summed E-state index contributed by atoms with van der Waals surface area (Å²) in [5.41, 5.74) is 0. The number of rotatable bonds is 8. The number of benzene rings is 2. The normalized spacial score (nSPS) is 16.6. The maximum atomic E-state index is 12.7. The fraction of sp³-hybridized carbons (Fsp3) is 0.440. The summed E-state index contributed by atoms with van der Waals surface area (Å²) in [5, 5.41) is 14.7. The molecule has 0 atom stereocenters. The molecule has 35 heavy (non-hydrogen) atoms. The van der Waals surface area contributed by atoms with Crippen molar-refractivity contribution in [2.24, 2.45) is 0 Å². The molecule has 0 radical (unpaired) electrons. The van der Waals surface area contributed by atoms with Gasteiger partial charge in [-0.3, -0.25) is 9.59 Å². The van der Waals surface area contributed by atoms with Crippen molar-refractivity contribution in [2.75, 3.05) is 43.4 Å². The lowest BCUT2D eigenvalue weighted by atomic mass is 10.1. The Kier molecular flexibility index (Phi) is 7.68. The van der Waals surface area contributed by atoms with Gasteiger partial charge in [0.15, 0.2) is 10.9 Å². The Labute approximate surface area is 213 Å². The number of thioether (sulfide) groups is 1. The highest BCUT2D eigenvalue weighted by Gasteiger charge is 2.24. The van der Waals surface area contributed by atoms with Crippen molar-refractivity contribution >= 4 is 50.8 Å². The van der Waals surface area contributed by atoms with Gasteiger partial charge in [-0.2, -0.15) is 0 Å². The molecule has 2 heterocycles. The maximum absolute atomic E-state index is 12.7. The van der Waals surface area contributed by atoms with E-state index in [-0.39, 0.29) is 18.4 Å². The fourth-order valence-corrected chi connectivity index (χ4v) is 6.20. The van der Waals surface area contributed by atoms with E-state index < -0.39 is 0 Å². The van der Waals surface area contributed by atoms with Gasteiger partial charge in [-0.1, -0.05) is 66.3 Å². The Morgan fingerprint density at radius 2 is 1.80 bits per heavy atom. The number of carbonyl (C=O) groups excluding carboxylic acids is 2. The number of fused-ring (bicyclic) bond motifs is 1. The van der Waals surface area contributed by atoms with E-state index in [1.165, 1.54) is 35.9 Å². The molecule has 0 bridgehead atoms. The number of anilines is 1. The van der Waals surface area contributed by atoms with Crippen LogP contribution in [-0.4, -0.2) is 71.5 Å². The number of nitrogens with zero attached hydrogens (tertiary/aromatic N) is 4. The third-order valence-corrected chi connectivity index (χ3v) is 8.55. The van der Waals surface area contributed by atoms with Crippen molar-refractivity contribution in [1.82, 2.24) is 20.4 Å². The third kappa shape index (κ3) is 6.24. The molecule has 2 aromatic carbocycles. The monoisotopic (exact) mass is 511 g/mol. The van der Waals surface area contributed by atoms with Crippen molar-refractivity contribution in [3.05, 3.63) is 42.5 Å². The molecule has 1 saturated heterocycles. The minimum Gasteiger partial charge on any atom is -0.484 e. The van der Waals surface area contributed by atoms with E-state index in [1.807, 2.05) is 41.3 Å². The van der Waals surface area contributed by atoms with Crippen molar-refractivity contribution < 1.29 is 14.3 Å². The van der Waals surface area contributed by atoms with Gasteiger partial charge in [0.05, 0.1) is 5.75 Å². The molecule has 5 rings (SSSR count). The minimum absolute atomic E-state index is 0.0143. The summed E-state index contributed by atoms with van der Waals surface area (Å²) in [4.78, 5) is 28.8. The van der Waals surface area contributed by atoms with Gasteiger partial charge in [0.2, 0.25) is 11.0 Å². The number of hydrogen-bond donors (Lipinski definition) is 1. The smallest absolute Gasteiger partial charge is 0.260 e. The first-order valence-electron chi connectivity index (χ1n) is 12.0. The van der Waals surface area contributed by atoms with Crippen LogP contribution in [0.3, 0.4) is 0 Å². The molecular weight excluding hydrogens is 482 g/mol. The molecule has 2 aliphatic rings. The lowest BCUT2D eigenvalue weighted by Gasteiger charge is -2.34. The predicted octanol–water partition coefficient (Wildman–Crippen LogP) is 3.57. The SMILES string of the molecule is O=C(CSc1nnc(N2CCN(C(=O)COc3ccc4ccccc4c3)CC2)s1)NC1CCCC1. The Balaban J connectivity index is 1.05. The van der Waals surface area contributed by atoms with Crippen molar-refractivity contribution in [1.29, 1.82) is 0 Å². The second-order valence-corrected chi connectivity index (χ2v) is 11.0. The van der Waals surface area contributed by atoms with Crippen LogP contribution in [0.5, 0.6) is 5.75 Å². The number of carbonyl (C=O) groups is 2. The van der Waals surface area contributed by atoms with Crippen LogP contribution in [0, 0.1) is 0 Å². The van der Waals surface area contributed by atoms with Crippen LogP contribution in [0.1, 0.15) is 25.7 Å². The fourth-order valence-electron chi connectivity index (χ4n) is 4.50. The molecule has 3 aromatic rings. The predicted molar refractivity (Wildman–Crippen MR) is 139 cm³/mol. The summed E-state index contributed by atoms with van der Waals surface area (Å²) < 4.78 is 6.57. The molecule has 0 spiro atoms. The second kappa shape index (κ2) is 11.3. The van der Waals surface area contributed by atoms with Gasteiger partial charge in [0.25, 0.3) is 5.91 Å². The molecule has 1 aliphatic heterocycles. The van der Waals surface area contributed by atoms with Crippen LogP contribution in [0.2, 0.25) is 0 Å². The molecule has 1 aliphatic carbocycles. The zero-order chi connectivity index (χ0) is 24.0. The zero-order valence-electron chi connectivity index (χ0n) is 19.5. The van der Waals surface area contributed by atoms with E-state index in [0.29, 0.717) is 43.7 Å². The van der Waals surface area contributed by atoms with Gasteiger partial charge in [-0.25, -0.2) is 0 Å². The average Bonchev–Trinajstić information content (AvgIpc) is 3.58. The molecule has 1 saturated carbocycles. The molecule has 1 N–H and O–H groups in total. The number of nitrogens with one attached hydrogen (secondary N) is 1. The van der Waals surface area contributed by atoms with Gasteiger partial charge >= 0.3 is 0 Å². The number of hydrogen-bond acceptors (Lipinski definition) is 8. The van der Waals surface area contributed by atoms with E-state index in [2.05, 4.69) is 26.5 Å². The molecule has 8 nitrogen and oxygen atoms in total. The first-order valence-corrected chi connectivity index (χ1v) is 13.8. The van der Waals surface area contributed by atoms with Crippen LogP contribution in [0.4, 0.5) is 5.13 Å². The molecule has 2 amide bonds. The zero-order valence-corrected chi connectivity index (χ0v) is 21.2. The van der Waals surface area contributed by atoms with Crippen LogP contribution in [0.15, 0.2) is 46.8 Å². The van der Waals surface area contributed by atoms with Crippen molar-refractivity contribution in [2.45, 2.75) is 36.1 Å². The molecule has 184 valence electrons. The summed E-state index contributed by atoms with van der Waals surface area (Å²) in [6.07, 6.45) is 4.58. The summed E-state index contributed by atoms with van der Waals surface area (Å²) in [6, 6.07) is 14.3. The Bertz CT molecular complexity index is 1170. The summed E-state index contributed by atoms with van der Waals surface area (Å²) in [6.45, 7) is 2.66. The van der Waals surface area contributed by atoms with Gasteiger partial charge in [-0.05, 0) is 35.7 Å². The van der Waals surface area contributed by atoms with Crippen LogP contribution in [-0.2, 0) is 9.59 Å². The van der Waals surface area contributed by atoms with Crippen LogP contribution in [0.25, 0.3) is 10.8 Å². The number of aromatic nitrogens is 2. The van der Waals surface area contributed by atoms with E-state index in [1.54, 1.807) is 0 Å². The summed E-state index contributed by atoms with van der Waals surface area (Å²) >= 11 is 2.93. The molecule has 2 fully saturated rings. The molecule has 0 unspecified atom stereocenters. The number of ether oxygens (including phenoxy) is 1. The van der Waals surface area contributed by atoms with Gasteiger partial charge < -0.3 is 19.9 Å². The highest BCUT2D eigenvalue weighted by Crippen LogP contribution is 2.29. The van der Waals surface area contributed by atoms with E-state index in [9.17, 15) is 9.59 Å². The highest BCUT2D eigenvalue weighted by molar-refractivity contribution is 8.01. The van der Waals surface area contributed by atoms with E-state index in [0.717, 1.165) is 33.1 Å². The van der Waals surface area contributed by atoms with E-state index >= 15 is 0 Å². The lowest BCUT2D eigenvalue weighted by Crippen LogP contribution is -2.50. The summed E-state index contributed by atoms with van der Waals surface area (Å²) in [7, 11) is 0. The molecule has 10 heteroatoms. The van der Waals surface area contributed by atoms with Gasteiger partial charge in [0, 0.05) is 32.2 Å². The first-order chi connectivity index (χ1) is 17.1. The summed E-state index contributed by atoms with van der Waals surface area (Å²) in [5.74, 6) is 1.12. The van der Waals surface area contributed by atoms with Gasteiger partial charge in [0.1, 0.15) is 5.75 Å². The quantitative estimate of drug-likeness (QED) is 0.463. The standard InChI is InChI=1S/C25H29N5O3S2/c31-22(26-20-7-3-4-8-20)17-34-25-28-27-24(35-25)30-13-11-29(12-14-30)23(32)16-33-21-10-9-18-5-1-2-6-19(18)15-21/h1-2,5-6,9-10,15,20H,3-4,7-8,11-14,16-17H2,(H,26,31). The Morgan fingerprint density at radius 1 is 1.03 bits per heavy atom. The largest absolute Gasteiger partial charge is 0.484 e. The number of amides is 2. The van der Waals surface area contributed by atoms with Crippen molar-refractivity contribution in [3.8, 4) is 5.75 Å². The van der Waals surface area contributed by atoms with Gasteiger partial charge in [-0.15, -0.1) is 10.2 Å². The number of piperazine rings is 1. The highest BCUT2D eigenvalue weighted by atomic mass is 32.2. The Hall–Kier alpha value is -2.85. The second-order valence-electron chi connectivity index (χ2n) is 8.85. The van der Waals surface area contributed by atoms with Crippen LogP contribution < -0.4 is 15.0 Å². The van der Waals surface area contributed by atoms with E-state index in [4.69, 9.17) is 4.74 Å². The molecular formula is C25H29N5O3S2. The molecule has 1 aromatic heterocycles. The third-order valence-electron chi connectivity index (χ3n) is 6.43. The van der Waals surface area contributed by atoms with Crippen LogP contribution >= 0.6 is 23.1 Å².